The summed E-state index contributed by atoms with van der Waals surface area (Å²) >= 11 is 0. The predicted octanol–water partition coefficient (Wildman–Crippen LogP) is -1.52. The van der Waals surface area contributed by atoms with E-state index in [1.54, 1.807) is 0 Å². The van der Waals surface area contributed by atoms with E-state index in [-0.39, 0.29) is 12.6 Å². The number of nitrogens with two attached hydrogens (primary N) is 1. The van der Waals surface area contributed by atoms with Gasteiger partial charge in [-0.25, -0.2) is 9.59 Å². The fourth-order valence-corrected chi connectivity index (χ4v) is 1.93. The smallest absolute Gasteiger partial charge is 0.326 e. The van der Waals surface area contributed by atoms with Gasteiger partial charge in [-0.05, 0) is 12.8 Å². The fraction of sp³-hybridized carbons (Fsp3) is 0.700. The number of likely N-dealkylation sites (tertiary alicyclic amines) is 1. The van der Waals surface area contributed by atoms with Gasteiger partial charge in [-0.2, -0.15) is 0 Å². The molecule has 0 aromatic heterocycles. The standard InChI is InChI=1S/C10H17N3O5/c11-8(15)4-7(9(16)17)12-10(18)13-3-1-2-6(13)5-14/h6-7,14H,1-5H2,(H2,11,15)(H,12,18)(H,16,17). The highest BCUT2D eigenvalue weighted by molar-refractivity contribution is 5.87. The molecule has 1 fully saturated rings. The molecule has 8 heteroatoms. The summed E-state index contributed by atoms with van der Waals surface area (Å²) in [5, 5.41) is 20.1. The Kier molecular flexibility index (Phi) is 4.90. The summed E-state index contributed by atoms with van der Waals surface area (Å²) in [4.78, 5) is 34.7. The SMILES string of the molecule is NC(=O)CC(NC(=O)N1CCCC1CO)C(=O)O. The van der Waals surface area contributed by atoms with Gasteiger partial charge in [0.25, 0.3) is 0 Å². The van der Waals surface area contributed by atoms with Gasteiger partial charge in [0.1, 0.15) is 6.04 Å². The van der Waals surface area contributed by atoms with Crippen molar-refractivity contribution in [3.05, 3.63) is 0 Å². The van der Waals surface area contributed by atoms with Gasteiger partial charge >= 0.3 is 12.0 Å². The van der Waals surface area contributed by atoms with Crippen molar-refractivity contribution in [1.82, 2.24) is 10.2 Å². The van der Waals surface area contributed by atoms with E-state index < -0.39 is 30.4 Å². The lowest BCUT2D eigenvalue weighted by atomic mass is 10.2. The molecule has 0 aromatic rings. The zero-order valence-corrected chi connectivity index (χ0v) is 9.83. The van der Waals surface area contributed by atoms with Crippen molar-refractivity contribution in [3.8, 4) is 0 Å². The Balaban J connectivity index is 2.60. The lowest BCUT2D eigenvalue weighted by molar-refractivity contribution is -0.141. The first-order valence-electron chi connectivity index (χ1n) is 5.64. The van der Waals surface area contributed by atoms with Gasteiger partial charge in [-0.15, -0.1) is 0 Å². The largest absolute Gasteiger partial charge is 0.480 e. The van der Waals surface area contributed by atoms with Crippen molar-refractivity contribution < 1.29 is 24.6 Å². The average molecular weight is 259 g/mol. The van der Waals surface area contributed by atoms with E-state index in [4.69, 9.17) is 15.9 Å². The third-order valence-corrected chi connectivity index (χ3v) is 2.85. The maximum Gasteiger partial charge on any atom is 0.326 e. The highest BCUT2D eigenvalue weighted by Crippen LogP contribution is 2.16. The Hall–Kier alpha value is -1.83. The third kappa shape index (κ3) is 3.59. The first-order chi connectivity index (χ1) is 8.45. The van der Waals surface area contributed by atoms with Crippen LogP contribution < -0.4 is 11.1 Å². The monoisotopic (exact) mass is 259 g/mol. The molecular weight excluding hydrogens is 242 g/mol. The highest BCUT2D eigenvalue weighted by Gasteiger charge is 2.31. The van der Waals surface area contributed by atoms with E-state index in [0.717, 1.165) is 6.42 Å². The highest BCUT2D eigenvalue weighted by atomic mass is 16.4. The van der Waals surface area contributed by atoms with Crippen LogP contribution in [0.15, 0.2) is 0 Å². The molecule has 1 aliphatic rings. The summed E-state index contributed by atoms with van der Waals surface area (Å²) in [5.41, 5.74) is 4.91. The van der Waals surface area contributed by atoms with Gasteiger partial charge in [0.05, 0.1) is 19.1 Å². The Morgan fingerprint density at radius 2 is 2.11 bits per heavy atom. The number of urea groups is 1. The van der Waals surface area contributed by atoms with E-state index >= 15 is 0 Å². The molecule has 0 bridgehead atoms. The van der Waals surface area contributed by atoms with Gasteiger partial charge in [0.2, 0.25) is 5.91 Å². The fourth-order valence-electron chi connectivity index (χ4n) is 1.93. The number of nitrogens with one attached hydrogen (secondary N) is 1. The van der Waals surface area contributed by atoms with E-state index in [9.17, 15) is 14.4 Å². The van der Waals surface area contributed by atoms with E-state index in [0.29, 0.717) is 13.0 Å². The Labute approximate surface area is 104 Å². The molecule has 0 saturated carbocycles. The molecule has 3 amide bonds. The number of amides is 3. The quantitative estimate of drug-likeness (QED) is 0.476. The number of hydrogen-bond donors (Lipinski definition) is 4. The maximum absolute atomic E-state index is 11.8. The summed E-state index contributed by atoms with van der Waals surface area (Å²) in [7, 11) is 0. The van der Waals surface area contributed by atoms with Crippen LogP contribution in [-0.4, -0.2) is 58.3 Å². The second-order valence-corrected chi connectivity index (χ2v) is 4.18. The minimum atomic E-state index is -1.34. The van der Waals surface area contributed by atoms with Gasteiger partial charge < -0.3 is 26.2 Å². The number of hydrogen-bond acceptors (Lipinski definition) is 4. The summed E-state index contributed by atoms with van der Waals surface area (Å²) in [5.74, 6) is -2.12. The summed E-state index contributed by atoms with van der Waals surface area (Å²) in [6.07, 6.45) is 0.975. The normalized spacial score (nSPS) is 20.5. The molecule has 1 saturated heterocycles. The van der Waals surface area contributed by atoms with Crippen molar-refractivity contribution in [1.29, 1.82) is 0 Å². The van der Waals surface area contributed by atoms with Crippen molar-refractivity contribution >= 4 is 17.9 Å². The zero-order chi connectivity index (χ0) is 13.7. The number of nitrogens with zero attached hydrogens (tertiary/aromatic N) is 1. The molecule has 5 N–H and O–H groups in total. The number of aliphatic carboxylic acids is 1. The number of primary amides is 1. The second-order valence-electron chi connectivity index (χ2n) is 4.18. The van der Waals surface area contributed by atoms with Crippen LogP contribution in [0.4, 0.5) is 4.79 Å². The molecule has 0 spiro atoms. The van der Waals surface area contributed by atoms with Gasteiger partial charge in [0, 0.05) is 6.54 Å². The lowest BCUT2D eigenvalue weighted by Crippen LogP contribution is -2.51. The van der Waals surface area contributed by atoms with Crippen molar-refractivity contribution in [2.24, 2.45) is 5.73 Å². The van der Waals surface area contributed by atoms with Crippen LogP contribution in [0.25, 0.3) is 0 Å². The first kappa shape index (κ1) is 14.2. The van der Waals surface area contributed by atoms with Crippen LogP contribution in [0.1, 0.15) is 19.3 Å². The van der Waals surface area contributed by atoms with Crippen LogP contribution in [0.3, 0.4) is 0 Å². The molecule has 2 unspecified atom stereocenters. The predicted molar refractivity (Wildman–Crippen MR) is 60.6 cm³/mol. The van der Waals surface area contributed by atoms with E-state index in [2.05, 4.69) is 5.32 Å². The average Bonchev–Trinajstić information content (AvgIpc) is 2.75. The molecule has 0 aliphatic carbocycles. The number of aliphatic hydroxyl groups excluding tert-OH is 1. The topological polar surface area (TPSA) is 133 Å². The number of aliphatic hydroxyl groups is 1. The van der Waals surface area contributed by atoms with E-state index in [1.165, 1.54) is 4.90 Å². The summed E-state index contributed by atoms with van der Waals surface area (Å²) in [6.45, 7) is 0.293. The van der Waals surface area contributed by atoms with Crippen LogP contribution in [0, 0.1) is 0 Å². The van der Waals surface area contributed by atoms with Gasteiger partial charge in [-0.1, -0.05) is 0 Å². The van der Waals surface area contributed by atoms with Crippen LogP contribution in [0.5, 0.6) is 0 Å². The van der Waals surface area contributed by atoms with Gasteiger partial charge in [-0.3, -0.25) is 4.79 Å². The molecule has 1 rings (SSSR count). The summed E-state index contributed by atoms with van der Waals surface area (Å²) < 4.78 is 0. The molecule has 2 atom stereocenters. The first-order valence-corrected chi connectivity index (χ1v) is 5.64. The van der Waals surface area contributed by atoms with Crippen LogP contribution in [-0.2, 0) is 9.59 Å². The Morgan fingerprint density at radius 3 is 2.61 bits per heavy atom. The molecular formula is C10H17N3O5. The molecule has 102 valence electrons. The zero-order valence-electron chi connectivity index (χ0n) is 9.83. The molecule has 1 aliphatic heterocycles. The number of carboxylic acid groups (broad SMARTS) is 1. The van der Waals surface area contributed by atoms with Crippen LogP contribution in [0.2, 0.25) is 0 Å². The Bertz CT molecular complexity index is 346. The number of carboxylic acids is 1. The summed E-state index contributed by atoms with van der Waals surface area (Å²) in [6, 6.07) is -2.23. The van der Waals surface area contributed by atoms with E-state index in [1.807, 2.05) is 0 Å². The maximum atomic E-state index is 11.8. The minimum absolute atomic E-state index is 0.166. The van der Waals surface area contributed by atoms with Crippen molar-refractivity contribution in [2.75, 3.05) is 13.2 Å². The molecule has 1 heterocycles. The minimum Gasteiger partial charge on any atom is -0.480 e. The van der Waals surface area contributed by atoms with Crippen molar-refractivity contribution in [3.63, 3.8) is 0 Å². The molecule has 8 nitrogen and oxygen atoms in total. The third-order valence-electron chi connectivity index (χ3n) is 2.85. The van der Waals surface area contributed by atoms with Crippen molar-refractivity contribution in [2.45, 2.75) is 31.3 Å². The van der Waals surface area contributed by atoms with Crippen LogP contribution >= 0.6 is 0 Å². The number of carbonyl (C=O) groups excluding carboxylic acids is 2. The molecule has 18 heavy (non-hydrogen) atoms. The molecule has 0 radical (unpaired) electrons. The number of carbonyl (C=O) groups is 3. The molecule has 0 aromatic carbocycles. The second kappa shape index (κ2) is 6.20. The Morgan fingerprint density at radius 1 is 1.44 bits per heavy atom. The lowest BCUT2D eigenvalue weighted by Gasteiger charge is -2.25. The van der Waals surface area contributed by atoms with Gasteiger partial charge in [0.15, 0.2) is 0 Å². The number of rotatable bonds is 5.